The fourth-order valence-corrected chi connectivity index (χ4v) is 5.94. The molecule has 0 aromatic heterocycles. The fourth-order valence-electron chi connectivity index (χ4n) is 4.02. The Kier molecular flexibility index (Phi) is 5.88. The number of rotatable bonds is 2. The molecule has 0 bridgehead atoms. The summed E-state index contributed by atoms with van der Waals surface area (Å²) >= 11 is 5.92. The molecular weight excluding hydrogens is 439 g/mol. The van der Waals surface area contributed by atoms with Crippen molar-refractivity contribution in [3.63, 3.8) is 0 Å². The number of sulfonamides is 1. The second-order valence-corrected chi connectivity index (χ2v) is 9.82. The normalized spacial score (nSPS) is 25.6. The van der Waals surface area contributed by atoms with Gasteiger partial charge in [0.1, 0.15) is 17.3 Å². The van der Waals surface area contributed by atoms with E-state index >= 15 is 0 Å². The largest absolute Gasteiger partial charge is 0.366 e. The number of likely N-dealkylation sites (tertiary alicyclic amines) is 1. The molecule has 0 spiro atoms. The van der Waals surface area contributed by atoms with Gasteiger partial charge in [0.25, 0.3) is 0 Å². The number of piperidine rings is 1. The summed E-state index contributed by atoms with van der Waals surface area (Å²) in [4.78, 5) is 27.6. The third-order valence-corrected chi connectivity index (χ3v) is 8.00. The van der Waals surface area contributed by atoms with Crippen molar-refractivity contribution in [1.82, 2.24) is 19.4 Å². The van der Waals surface area contributed by atoms with Crippen LogP contribution in [0.1, 0.15) is 6.42 Å². The second kappa shape index (κ2) is 8.29. The van der Waals surface area contributed by atoms with Crippen molar-refractivity contribution in [2.45, 2.75) is 23.5 Å². The highest BCUT2D eigenvalue weighted by Gasteiger charge is 2.39. The lowest BCUT2D eigenvalue weighted by atomic mass is 10.0. The zero-order chi connectivity index (χ0) is 21.5. The van der Waals surface area contributed by atoms with Crippen LogP contribution < -0.4 is 5.32 Å². The Morgan fingerprint density at radius 1 is 1.17 bits per heavy atom. The van der Waals surface area contributed by atoms with Crippen LogP contribution in [0.5, 0.6) is 0 Å². The lowest BCUT2D eigenvalue weighted by molar-refractivity contribution is -0.139. The Morgan fingerprint density at radius 2 is 1.90 bits per heavy atom. The van der Waals surface area contributed by atoms with Crippen LogP contribution in [0.2, 0.25) is 5.02 Å². The lowest BCUT2D eigenvalue weighted by Gasteiger charge is -2.43. The van der Waals surface area contributed by atoms with Crippen LogP contribution in [-0.2, 0) is 19.6 Å². The number of ether oxygens (including phenoxy) is 1. The molecule has 0 saturated carbocycles. The molecule has 0 aliphatic carbocycles. The van der Waals surface area contributed by atoms with Gasteiger partial charge in [-0.25, -0.2) is 17.6 Å². The first-order chi connectivity index (χ1) is 14.3. The summed E-state index contributed by atoms with van der Waals surface area (Å²) in [5, 5.41) is 2.68. The van der Waals surface area contributed by atoms with Gasteiger partial charge in [-0.15, -0.1) is 0 Å². The van der Waals surface area contributed by atoms with Crippen LogP contribution >= 0.6 is 11.6 Å². The van der Waals surface area contributed by atoms with Crippen molar-refractivity contribution in [2.24, 2.45) is 0 Å². The number of piperazine rings is 1. The van der Waals surface area contributed by atoms with E-state index in [9.17, 15) is 22.4 Å². The smallest absolute Gasteiger partial charge is 0.320 e. The topological polar surface area (TPSA) is 99.3 Å². The summed E-state index contributed by atoms with van der Waals surface area (Å²) < 4.78 is 45.7. The van der Waals surface area contributed by atoms with Gasteiger partial charge in [-0.2, -0.15) is 4.31 Å². The highest BCUT2D eigenvalue weighted by molar-refractivity contribution is 7.89. The van der Waals surface area contributed by atoms with Gasteiger partial charge in [0.15, 0.2) is 0 Å². The summed E-state index contributed by atoms with van der Waals surface area (Å²) in [6, 6.07) is 2.74. The van der Waals surface area contributed by atoms with Crippen LogP contribution in [0.25, 0.3) is 0 Å². The van der Waals surface area contributed by atoms with E-state index in [1.807, 2.05) is 0 Å². The third kappa shape index (κ3) is 4.11. The third-order valence-electron chi connectivity index (χ3n) is 5.62. The molecule has 1 aromatic rings. The first-order valence-electron chi connectivity index (χ1n) is 9.66. The number of fused-ring (bicyclic) bond motifs is 1. The average Bonchev–Trinajstić information content (AvgIpc) is 2.72. The summed E-state index contributed by atoms with van der Waals surface area (Å²) in [5.41, 5.74) is 0. The number of carbonyl (C=O) groups excluding carboxylic acids is 2. The van der Waals surface area contributed by atoms with E-state index in [0.29, 0.717) is 19.5 Å². The maximum Gasteiger partial charge on any atom is 0.320 e. The van der Waals surface area contributed by atoms with Crippen molar-refractivity contribution >= 4 is 33.6 Å². The Hall–Kier alpha value is -1.95. The minimum atomic E-state index is -3.89. The molecule has 4 rings (SSSR count). The number of hydrogen-bond donors (Lipinski definition) is 1. The summed E-state index contributed by atoms with van der Waals surface area (Å²) in [6.07, 6.45) is 0.544. The van der Waals surface area contributed by atoms with Gasteiger partial charge in [-0.3, -0.25) is 4.79 Å². The quantitative estimate of drug-likeness (QED) is 0.692. The minimum absolute atomic E-state index is 0.0453. The zero-order valence-electron chi connectivity index (χ0n) is 16.1. The number of urea groups is 1. The Morgan fingerprint density at radius 3 is 2.60 bits per heavy atom. The van der Waals surface area contributed by atoms with Crippen molar-refractivity contribution in [1.29, 1.82) is 0 Å². The monoisotopic (exact) mass is 460 g/mol. The first kappa shape index (κ1) is 21.3. The van der Waals surface area contributed by atoms with E-state index < -0.39 is 15.8 Å². The Balaban J connectivity index is 1.37. The number of hydrogen-bond acceptors (Lipinski definition) is 5. The van der Waals surface area contributed by atoms with Crippen molar-refractivity contribution in [2.75, 3.05) is 45.9 Å². The molecule has 1 N–H and O–H groups in total. The summed E-state index contributed by atoms with van der Waals surface area (Å²) in [7, 11) is -3.89. The second-order valence-electron chi connectivity index (χ2n) is 7.51. The molecule has 2 unspecified atom stereocenters. The van der Waals surface area contributed by atoms with Crippen molar-refractivity contribution in [3.8, 4) is 0 Å². The SMILES string of the molecule is O=C1COC2CCN(C(=O)N3CCN(S(=O)(=O)c4ccc(F)cc4Cl)CC3)CC2N1. The van der Waals surface area contributed by atoms with Crippen LogP contribution in [0.15, 0.2) is 23.1 Å². The fraction of sp³-hybridized carbons (Fsp3) is 0.556. The standard InChI is InChI=1S/C18H22ClFN4O5S/c19-13-9-12(20)1-2-16(13)30(27,28)24-7-5-22(6-8-24)18(26)23-4-3-15-14(10-23)21-17(25)11-29-15/h1-2,9,14-15H,3-8,10-11H2,(H,21,25). The van der Waals surface area contributed by atoms with Crippen LogP contribution in [0.3, 0.4) is 0 Å². The molecule has 3 aliphatic rings. The predicted molar refractivity (Wildman–Crippen MR) is 105 cm³/mol. The number of halogens is 2. The molecule has 2 atom stereocenters. The van der Waals surface area contributed by atoms with Gasteiger partial charge in [-0.05, 0) is 24.6 Å². The molecule has 164 valence electrons. The minimum Gasteiger partial charge on any atom is -0.366 e. The zero-order valence-corrected chi connectivity index (χ0v) is 17.7. The predicted octanol–water partition coefficient (Wildman–Crippen LogP) is 0.495. The maximum absolute atomic E-state index is 13.2. The van der Waals surface area contributed by atoms with E-state index in [1.54, 1.807) is 9.80 Å². The molecule has 30 heavy (non-hydrogen) atoms. The van der Waals surface area contributed by atoms with Crippen molar-refractivity contribution < 1.29 is 27.1 Å². The maximum atomic E-state index is 13.2. The van der Waals surface area contributed by atoms with Crippen LogP contribution in [-0.4, -0.2) is 92.5 Å². The van der Waals surface area contributed by atoms with E-state index in [1.165, 1.54) is 4.31 Å². The number of benzene rings is 1. The summed E-state index contributed by atoms with van der Waals surface area (Å²) in [5.74, 6) is -0.804. The van der Waals surface area contributed by atoms with Crippen molar-refractivity contribution in [3.05, 3.63) is 29.0 Å². The van der Waals surface area contributed by atoms with Gasteiger partial charge in [0.2, 0.25) is 15.9 Å². The number of nitrogens with zero attached hydrogens (tertiary/aromatic N) is 3. The molecule has 0 radical (unpaired) electrons. The molecule has 9 nitrogen and oxygen atoms in total. The molecule has 3 amide bonds. The first-order valence-corrected chi connectivity index (χ1v) is 11.5. The number of morpholine rings is 1. The molecular formula is C18H22ClFN4O5S. The molecule has 3 fully saturated rings. The van der Waals surface area contributed by atoms with Crippen LogP contribution in [0, 0.1) is 5.82 Å². The lowest BCUT2D eigenvalue weighted by Crippen LogP contribution is -2.63. The number of nitrogens with one attached hydrogen (secondary N) is 1. The molecule has 3 heterocycles. The number of carbonyl (C=O) groups is 2. The van der Waals surface area contributed by atoms with E-state index in [4.69, 9.17) is 16.3 Å². The highest BCUT2D eigenvalue weighted by Crippen LogP contribution is 2.26. The van der Waals surface area contributed by atoms with Gasteiger partial charge in [0, 0.05) is 39.3 Å². The Labute approximate surface area is 178 Å². The molecule has 3 aliphatic heterocycles. The Bertz CT molecular complexity index is 954. The van der Waals surface area contributed by atoms with Gasteiger partial charge in [-0.1, -0.05) is 11.6 Å². The van der Waals surface area contributed by atoms with Gasteiger partial charge in [0.05, 0.1) is 17.2 Å². The van der Waals surface area contributed by atoms with E-state index in [-0.39, 0.29) is 66.8 Å². The highest BCUT2D eigenvalue weighted by atomic mass is 35.5. The average molecular weight is 461 g/mol. The van der Waals surface area contributed by atoms with E-state index in [0.717, 1.165) is 18.2 Å². The van der Waals surface area contributed by atoms with E-state index in [2.05, 4.69) is 5.32 Å². The molecule has 1 aromatic carbocycles. The summed E-state index contributed by atoms with van der Waals surface area (Å²) in [6.45, 7) is 1.60. The molecule has 3 saturated heterocycles. The van der Waals surface area contributed by atoms with Crippen LogP contribution in [0.4, 0.5) is 9.18 Å². The number of amides is 3. The van der Waals surface area contributed by atoms with Gasteiger partial charge >= 0.3 is 6.03 Å². The molecule has 12 heteroatoms. The van der Waals surface area contributed by atoms with Gasteiger partial charge < -0.3 is 19.9 Å².